The first-order valence-electron chi connectivity index (χ1n) is 6.48. The van der Waals surface area contributed by atoms with Crippen LogP contribution in [0.4, 0.5) is 0 Å². The number of carbonyl (C=O) groups is 1. The molecule has 2 rings (SSSR count). The average molecular weight is 281 g/mol. The molecule has 104 valence electrons. The molecule has 1 fully saturated rings. The van der Waals surface area contributed by atoms with E-state index in [1.54, 1.807) is 16.7 Å². The van der Waals surface area contributed by atoms with Crippen LogP contribution < -0.4 is 0 Å². The predicted octanol–water partition coefficient (Wildman–Crippen LogP) is 1.12. The van der Waals surface area contributed by atoms with E-state index in [0.717, 1.165) is 12.2 Å². The van der Waals surface area contributed by atoms with Crippen molar-refractivity contribution in [3.63, 3.8) is 0 Å². The Bertz CT molecular complexity index is 402. The van der Waals surface area contributed by atoms with Crippen LogP contribution in [-0.2, 0) is 4.79 Å². The summed E-state index contributed by atoms with van der Waals surface area (Å²) in [6.45, 7) is 0.512. The van der Waals surface area contributed by atoms with Gasteiger partial charge in [-0.15, -0.1) is 11.8 Å². The standard InChI is InChI=1S/C14H19NO3S/c16-12-9-15(10-13(12)17)14(18)7-4-8-19-11-5-2-1-3-6-11/h1-3,5-6,12-13,16-17H,4,7-10H2. The highest BCUT2D eigenvalue weighted by Gasteiger charge is 2.31. The van der Waals surface area contributed by atoms with E-state index in [4.69, 9.17) is 0 Å². The Morgan fingerprint density at radius 1 is 1.21 bits per heavy atom. The van der Waals surface area contributed by atoms with Gasteiger partial charge in [-0.1, -0.05) is 18.2 Å². The fraction of sp³-hybridized carbons (Fsp3) is 0.500. The summed E-state index contributed by atoms with van der Waals surface area (Å²) in [6, 6.07) is 10.1. The highest BCUT2D eigenvalue weighted by Crippen LogP contribution is 2.19. The quantitative estimate of drug-likeness (QED) is 0.627. The van der Waals surface area contributed by atoms with Gasteiger partial charge in [0.25, 0.3) is 0 Å². The molecular formula is C14H19NO3S. The molecule has 1 aromatic carbocycles. The van der Waals surface area contributed by atoms with Crippen molar-refractivity contribution in [2.24, 2.45) is 0 Å². The third-order valence-corrected chi connectivity index (χ3v) is 4.26. The second-order valence-electron chi connectivity index (χ2n) is 4.70. The van der Waals surface area contributed by atoms with E-state index < -0.39 is 12.2 Å². The SMILES string of the molecule is O=C(CCCSc1ccccc1)N1CC(O)C(O)C1. The van der Waals surface area contributed by atoms with Gasteiger partial charge in [-0.3, -0.25) is 4.79 Å². The van der Waals surface area contributed by atoms with E-state index in [2.05, 4.69) is 12.1 Å². The Balaban J connectivity index is 1.65. The van der Waals surface area contributed by atoms with E-state index in [1.165, 1.54) is 4.90 Å². The predicted molar refractivity (Wildman–Crippen MR) is 75.0 cm³/mol. The number of thioether (sulfide) groups is 1. The molecule has 1 aromatic rings. The Morgan fingerprint density at radius 3 is 2.47 bits per heavy atom. The molecule has 1 aliphatic rings. The first-order chi connectivity index (χ1) is 9.16. The summed E-state index contributed by atoms with van der Waals surface area (Å²) in [5, 5.41) is 18.8. The van der Waals surface area contributed by atoms with Gasteiger partial charge in [-0.2, -0.15) is 0 Å². The number of likely N-dealkylation sites (tertiary alicyclic amines) is 1. The lowest BCUT2D eigenvalue weighted by atomic mass is 10.3. The van der Waals surface area contributed by atoms with Crippen LogP contribution in [0.1, 0.15) is 12.8 Å². The second kappa shape index (κ2) is 6.93. The zero-order chi connectivity index (χ0) is 13.7. The number of aliphatic hydroxyl groups is 2. The highest BCUT2D eigenvalue weighted by atomic mass is 32.2. The summed E-state index contributed by atoms with van der Waals surface area (Å²) in [5.41, 5.74) is 0. The Kier molecular flexibility index (Phi) is 5.24. The molecule has 5 heteroatoms. The molecular weight excluding hydrogens is 262 g/mol. The number of hydrogen-bond donors (Lipinski definition) is 2. The maximum Gasteiger partial charge on any atom is 0.222 e. The lowest BCUT2D eigenvalue weighted by Crippen LogP contribution is -2.29. The molecule has 1 saturated heterocycles. The molecule has 0 radical (unpaired) electrons. The fourth-order valence-corrected chi connectivity index (χ4v) is 2.94. The Labute approximate surface area is 117 Å². The van der Waals surface area contributed by atoms with Gasteiger partial charge in [0.2, 0.25) is 5.91 Å². The van der Waals surface area contributed by atoms with Gasteiger partial charge in [-0.05, 0) is 24.3 Å². The van der Waals surface area contributed by atoms with Crippen LogP contribution in [0.2, 0.25) is 0 Å². The molecule has 2 atom stereocenters. The van der Waals surface area contributed by atoms with E-state index in [1.807, 2.05) is 18.2 Å². The minimum absolute atomic E-state index is 0.0178. The van der Waals surface area contributed by atoms with Gasteiger partial charge in [0, 0.05) is 24.4 Å². The first kappa shape index (κ1) is 14.4. The Morgan fingerprint density at radius 2 is 1.84 bits per heavy atom. The topological polar surface area (TPSA) is 60.8 Å². The monoisotopic (exact) mass is 281 g/mol. The number of hydrogen-bond acceptors (Lipinski definition) is 4. The van der Waals surface area contributed by atoms with E-state index >= 15 is 0 Å². The van der Waals surface area contributed by atoms with Crippen molar-refractivity contribution in [1.29, 1.82) is 0 Å². The lowest BCUT2D eigenvalue weighted by molar-refractivity contribution is -0.130. The van der Waals surface area contributed by atoms with Crippen molar-refractivity contribution in [2.45, 2.75) is 29.9 Å². The van der Waals surface area contributed by atoms with Gasteiger partial charge < -0.3 is 15.1 Å². The smallest absolute Gasteiger partial charge is 0.222 e. The van der Waals surface area contributed by atoms with Crippen molar-refractivity contribution in [3.05, 3.63) is 30.3 Å². The zero-order valence-corrected chi connectivity index (χ0v) is 11.6. The Hall–Kier alpha value is -1.04. The maximum atomic E-state index is 11.8. The lowest BCUT2D eigenvalue weighted by Gasteiger charge is -2.14. The van der Waals surface area contributed by atoms with Crippen molar-refractivity contribution in [3.8, 4) is 0 Å². The summed E-state index contributed by atoms with van der Waals surface area (Å²) < 4.78 is 0. The zero-order valence-electron chi connectivity index (χ0n) is 10.7. The first-order valence-corrected chi connectivity index (χ1v) is 7.47. The van der Waals surface area contributed by atoms with Gasteiger partial charge in [-0.25, -0.2) is 0 Å². The van der Waals surface area contributed by atoms with Gasteiger partial charge in [0.15, 0.2) is 0 Å². The molecule has 0 saturated carbocycles. The van der Waals surface area contributed by atoms with Crippen LogP contribution in [0.3, 0.4) is 0 Å². The number of carbonyl (C=O) groups excluding carboxylic acids is 1. The van der Waals surface area contributed by atoms with E-state index in [-0.39, 0.29) is 19.0 Å². The molecule has 4 nitrogen and oxygen atoms in total. The molecule has 0 aromatic heterocycles. The van der Waals surface area contributed by atoms with Crippen molar-refractivity contribution >= 4 is 17.7 Å². The van der Waals surface area contributed by atoms with Crippen LogP contribution in [0.15, 0.2) is 35.2 Å². The minimum atomic E-state index is -0.789. The number of nitrogens with zero attached hydrogens (tertiary/aromatic N) is 1. The number of aliphatic hydroxyl groups excluding tert-OH is 2. The summed E-state index contributed by atoms with van der Waals surface area (Å²) in [7, 11) is 0. The second-order valence-corrected chi connectivity index (χ2v) is 5.87. The minimum Gasteiger partial charge on any atom is -0.388 e. The average Bonchev–Trinajstić information content (AvgIpc) is 2.76. The molecule has 0 aliphatic carbocycles. The molecule has 0 bridgehead atoms. The number of β-amino-alcohol motifs (C(OH)–C–C–N with tert-alkyl or cyclic N) is 2. The molecule has 1 heterocycles. The number of rotatable bonds is 5. The van der Waals surface area contributed by atoms with Crippen molar-refractivity contribution in [2.75, 3.05) is 18.8 Å². The van der Waals surface area contributed by atoms with Gasteiger partial charge in [0.1, 0.15) is 0 Å². The largest absolute Gasteiger partial charge is 0.388 e. The van der Waals surface area contributed by atoms with Gasteiger partial charge >= 0.3 is 0 Å². The summed E-state index contributed by atoms with van der Waals surface area (Å²) >= 11 is 1.74. The van der Waals surface area contributed by atoms with Crippen LogP contribution in [0.5, 0.6) is 0 Å². The van der Waals surface area contributed by atoms with Crippen LogP contribution in [0, 0.1) is 0 Å². The van der Waals surface area contributed by atoms with Crippen LogP contribution >= 0.6 is 11.8 Å². The molecule has 19 heavy (non-hydrogen) atoms. The van der Waals surface area contributed by atoms with Crippen LogP contribution in [0.25, 0.3) is 0 Å². The molecule has 1 aliphatic heterocycles. The molecule has 0 spiro atoms. The third-order valence-electron chi connectivity index (χ3n) is 3.16. The third kappa shape index (κ3) is 4.23. The fourth-order valence-electron chi connectivity index (χ4n) is 2.06. The molecule has 2 unspecified atom stereocenters. The highest BCUT2D eigenvalue weighted by molar-refractivity contribution is 7.99. The molecule has 1 amide bonds. The maximum absolute atomic E-state index is 11.8. The van der Waals surface area contributed by atoms with Crippen molar-refractivity contribution < 1.29 is 15.0 Å². The van der Waals surface area contributed by atoms with Gasteiger partial charge in [0.05, 0.1) is 12.2 Å². The van der Waals surface area contributed by atoms with E-state index in [9.17, 15) is 15.0 Å². The number of benzene rings is 1. The normalized spacial score (nSPS) is 22.7. The van der Waals surface area contributed by atoms with Crippen LogP contribution in [-0.4, -0.2) is 52.1 Å². The van der Waals surface area contributed by atoms with Crippen molar-refractivity contribution in [1.82, 2.24) is 4.90 Å². The summed E-state index contributed by atoms with van der Waals surface area (Å²) in [6.07, 6.45) is -0.300. The summed E-state index contributed by atoms with van der Waals surface area (Å²) in [5.74, 6) is 0.915. The number of amides is 1. The summed E-state index contributed by atoms with van der Waals surface area (Å²) in [4.78, 5) is 14.6. The molecule has 2 N–H and O–H groups in total. The van der Waals surface area contributed by atoms with E-state index in [0.29, 0.717) is 6.42 Å².